The van der Waals surface area contributed by atoms with Crippen LogP contribution in [0.5, 0.6) is 5.75 Å². The summed E-state index contributed by atoms with van der Waals surface area (Å²) in [5, 5.41) is 10.2. The van der Waals surface area contributed by atoms with Gasteiger partial charge in [0.1, 0.15) is 5.75 Å². The first kappa shape index (κ1) is 24.3. The number of phenols is 1. The van der Waals surface area contributed by atoms with Crippen molar-refractivity contribution in [2.75, 3.05) is 39.0 Å². The van der Waals surface area contributed by atoms with Crippen molar-refractivity contribution in [3.05, 3.63) is 77.5 Å². The van der Waals surface area contributed by atoms with E-state index in [0.717, 1.165) is 49.2 Å². The van der Waals surface area contributed by atoms with E-state index in [0.29, 0.717) is 16.3 Å². The van der Waals surface area contributed by atoms with E-state index in [1.165, 1.54) is 10.0 Å². The van der Waals surface area contributed by atoms with Gasteiger partial charge in [0.25, 0.3) is 0 Å². The molecule has 1 N–H and O–H groups in total. The summed E-state index contributed by atoms with van der Waals surface area (Å²) in [5.74, 6) is 0.221. The molecule has 1 aliphatic rings. The van der Waals surface area contributed by atoms with Gasteiger partial charge >= 0.3 is 0 Å². The second-order valence-electron chi connectivity index (χ2n) is 8.05. The van der Waals surface area contributed by atoms with Gasteiger partial charge in [-0.05, 0) is 49.4 Å². The molecule has 1 saturated heterocycles. The maximum atomic E-state index is 12.5. The molecule has 8 heteroatoms. The van der Waals surface area contributed by atoms with E-state index in [-0.39, 0.29) is 5.75 Å². The highest BCUT2D eigenvalue weighted by atomic mass is 35.5. The average Bonchev–Trinajstić information content (AvgIpc) is 3.08. The van der Waals surface area contributed by atoms with Crippen LogP contribution in [0.25, 0.3) is 10.9 Å². The first-order valence-electron chi connectivity index (χ1n) is 10.5. The smallest absolute Gasteiger partial charge is 0.242 e. The Morgan fingerprint density at radius 2 is 1.78 bits per heavy atom. The molecule has 0 saturated carbocycles. The van der Waals surface area contributed by atoms with Crippen molar-refractivity contribution in [1.82, 2.24) is 13.8 Å². The first-order chi connectivity index (χ1) is 15.2. The highest BCUT2D eigenvalue weighted by Gasteiger charge is 2.21. The normalized spacial score (nSPS) is 15.3. The molecule has 0 spiro atoms. The van der Waals surface area contributed by atoms with E-state index in [1.54, 1.807) is 36.5 Å². The van der Waals surface area contributed by atoms with Crippen LogP contribution < -0.4 is 0 Å². The Kier molecular flexibility index (Phi) is 8.00. The van der Waals surface area contributed by atoms with Crippen LogP contribution in [0.2, 0.25) is 5.02 Å². The van der Waals surface area contributed by atoms with Crippen molar-refractivity contribution in [3.8, 4) is 5.75 Å². The number of hydrogen-bond donors (Lipinski definition) is 1. The second kappa shape index (κ2) is 10.5. The van der Waals surface area contributed by atoms with Gasteiger partial charge < -0.3 is 10.0 Å². The Hall–Kier alpha value is -2.32. The second-order valence-corrected chi connectivity index (χ2v) is 10.4. The number of aryl methyl sites for hydroxylation is 1. The number of rotatable bonds is 5. The maximum absolute atomic E-state index is 12.5. The summed E-state index contributed by atoms with van der Waals surface area (Å²) in [6.07, 6.45) is 3.10. The monoisotopic (exact) mass is 475 g/mol. The van der Waals surface area contributed by atoms with E-state index in [9.17, 15) is 8.42 Å². The minimum absolute atomic E-state index is 0.101. The van der Waals surface area contributed by atoms with Crippen LogP contribution in [0.1, 0.15) is 11.1 Å². The van der Waals surface area contributed by atoms with Gasteiger partial charge in [0, 0.05) is 49.3 Å². The molecule has 0 atom stereocenters. The molecule has 172 valence electrons. The molecule has 0 radical (unpaired) electrons. The van der Waals surface area contributed by atoms with Crippen LogP contribution in [-0.2, 0) is 16.6 Å². The number of fused-ring (bicyclic) bond motifs is 1. The molecule has 0 amide bonds. The number of aromatic hydroxyl groups is 1. The Bertz CT molecular complexity index is 1170. The van der Waals surface area contributed by atoms with Gasteiger partial charge in [-0.3, -0.25) is 4.90 Å². The third kappa shape index (κ3) is 5.92. The minimum Gasteiger partial charge on any atom is -0.508 e. The summed E-state index contributed by atoms with van der Waals surface area (Å²) in [7, 11) is -1.34. The number of aromatic nitrogens is 1. The van der Waals surface area contributed by atoms with E-state index >= 15 is 0 Å². The van der Waals surface area contributed by atoms with Gasteiger partial charge in [-0.2, -0.15) is 0 Å². The zero-order valence-electron chi connectivity index (χ0n) is 18.5. The topological polar surface area (TPSA) is 65.8 Å². The lowest BCUT2D eigenvalue weighted by atomic mass is 10.1. The van der Waals surface area contributed by atoms with Crippen LogP contribution in [-0.4, -0.2) is 66.3 Å². The highest BCUT2D eigenvalue weighted by molar-refractivity contribution is 7.90. The van der Waals surface area contributed by atoms with Crippen LogP contribution >= 0.6 is 11.6 Å². The van der Waals surface area contributed by atoms with Crippen LogP contribution in [0, 0.1) is 6.92 Å². The number of likely N-dealkylation sites (N-methyl/N-ethyl adjacent to an activating group) is 1. The average molecular weight is 476 g/mol. The molecule has 4 rings (SSSR count). The maximum Gasteiger partial charge on any atom is 0.242 e. The molecule has 32 heavy (non-hydrogen) atoms. The van der Waals surface area contributed by atoms with Crippen molar-refractivity contribution in [2.24, 2.45) is 0 Å². The fraction of sp³-hybridized carbons (Fsp3) is 0.333. The van der Waals surface area contributed by atoms with Crippen LogP contribution in [0.4, 0.5) is 0 Å². The summed E-state index contributed by atoms with van der Waals surface area (Å²) in [6, 6.07) is 12.4. The molecule has 6 nitrogen and oxygen atoms in total. The van der Waals surface area contributed by atoms with Crippen LogP contribution in [0.15, 0.2) is 61.3 Å². The number of benzene rings is 2. The standard InChI is InChI=1S/C18H24ClN3O2S.C6H6O/c1-4-9-25(23,24)22-12-14(2)18-15(10-16(19)11-17(18)22)13-21-7-5-20(3)6-8-21;7-6-4-2-1-3-5-6/h4,10-12H,1,5-9,13H2,2-3H3;1-5,7H. The summed E-state index contributed by atoms with van der Waals surface area (Å²) >= 11 is 6.32. The van der Waals surface area contributed by atoms with E-state index < -0.39 is 10.0 Å². The Morgan fingerprint density at radius 1 is 1.12 bits per heavy atom. The molecule has 1 aromatic heterocycles. The molecular formula is C24H30ClN3O3S. The van der Waals surface area contributed by atoms with E-state index in [2.05, 4.69) is 23.4 Å². The molecule has 0 bridgehead atoms. The number of piperazine rings is 1. The fourth-order valence-corrected chi connectivity index (χ4v) is 5.30. The van der Waals surface area contributed by atoms with E-state index in [4.69, 9.17) is 16.7 Å². The Labute approximate surface area is 195 Å². The molecule has 2 heterocycles. The fourth-order valence-electron chi connectivity index (χ4n) is 3.85. The van der Waals surface area contributed by atoms with Gasteiger partial charge in [-0.25, -0.2) is 12.4 Å². The number of nitrogens with zero attached hydrogens (tertiary/aromatic N) is 3. The van der Waals surface area contributed by atoms with Gasteiger partial charge in [0.05, 0.1) is 11.3 Å². The first-order valence-corrected chi connectivity index (χ1v) is 12.5. The lowest BCUT2D eigenvalue weighted by molar-refractivity contribution is 0.148. The molecular weight excluding hydrogens is 446 g/mol. The number of para-hydroxylation sites is 1. The number of halogens is 1. The minimum atomic E-state index is -3.47. The summed E-state index contributed by atoms with van der Waals surface area (Å²) < 4.78 is 26.4. The van der Waals surface area contributed by atoms with Crippen molar-refractivity contribution in [2.45, 2.75) is 13.5 Å². The predicted octanol–water partition coefficient (Wildman–Crippen LogP) is 4.11. The molecule has 0 aliphatic carbocycles. The van der Waals surface area contributed by atoms with Gasteiger partial charge in [0.15, 0.2) is 0 Å². The zero-order valence-corrected chi connectivity index (χ0v) is 20.1. The third-order valence-electron chi connectivity index (χ3n) is 5.48. The molecule has 1 aliphatic heterocycles. The third-order valence-corrected chi connectivity index (χ3v) is 7.26. The number of hydrogen-bond acceptors (Lipinski definition) is 5. The largest absolute Gasteiger partial charge is 0.508 e. The summed E-state index contributed by atoms with van der Waals surface area (Å²) in [5.41, 5.74) is 2.68. The lowest BCUT2D eigenvalue weighted by Crippen LogP contribution is -2.43. The van der Waals surface area contributed by atoms with Crippen LogP contribution in [0.3, 0.4) is 0 Å². The number of phenolic OH excluding ortho intramolecular Hbond substituents is 1. The molecule has 2 aromatic carbocycles. The zero-order chi connectivity index (χ0) is 23.3. The highest BCUT2D eigenvalue weighted by Crippen LogP contribution is 2.31. The summed E-state index contributed by atoms with van der Waals surface area (Å²) in [6.45, 7) is 10.3. The van der Waals surface area contributed by atoms with E-state index in [1.807, 2.05) is 19.1 Å². The lowest BCUT2D eigenvalue weighted by Gasteiger charge is -2.32. The quantitative estimate of drug-likeness (QED) is 0.562. The van der Waals surface area contributed by atoms with Crippen molar-refractivity contribution in [1.29, 1.82) is 0 Å². The molecule has 0 unspecified atom stereocenters. The van der Waals surface area contributed by atoms with Gasteiger partial charge in [-0.1, -0.05) is 35.9 Å². The van der Waals surface area contributed by atoms with Gasteiger partial charge in [0.2, 0.25) is 10.0 Å². The summed E-state index contributed by atoms with van der Waals surface area (Å²) in [4.78, 5) is 4.70. The van der Waals surface area contributed by atoms with Crippen molar-refractivity contribution >= 4 is 32.5 Å². The van der Waals surface area contributed by atoms with Gasteiger partial charge in [-0.15, -0.1) is 6.58 Å². The molecule has 3 aromatic rings. The Balaban J connectivity index is 0.000000352. The Morgan fingerprint density at radius 3 is 2.34 bits per heavy atom. The molecule has 1 fully saturated rings. The van der Waals surface area contributed by atoms with Crippen molar-refractivity contribution in [3.63, 3.8) is 0 Å². The predicted molar refractivity (Wildman–Crippen MR) is 132 cm³/mol. The van der Waals surface area contributed by atoms with Crippen molar-refractivity contribution < 1.29 is 13.5 Å². The SMILES string of the molecule is C=CCS(=O)(=O)n1cc(C)c2c(CN3CCN(C)CC3)cc(Cl)cc21.Oc1ccccc1.